The second-order valence-corrected chi connectivity index (χ2v) is 5.69. The van der Waals surface area contributed by atoms with E-state index in [2.05, 4.69) is 10.3 Å². The third-order valence-corrected chi connectivity index (χ3v) is 3.31. The van der Waals surface area contributed by atoms with Crippen LogP contribution in [-0.4, -0.2) is 21.6 Å². The van der Waals surface area contributed by atoms with Gasteiger partial charge in [-0.1, -0.05) is 24.3 Å². The Morgan fingerprint density at radius 1 is 1.17 bits per heavy atom. The Balaban J connectivity index is 1.85. The summed E-state index contributed by atoms with van der Waals surface area (Å²) in [6.45, 7) is 4.74. The molecule has 0 saturated heterocycles. The van der Waals surface area contributed by atoms with Crippen molar-refractivity contribution in [2.75, 3.05) is 0 Å². The van der Waals surface area contributed by atoms with E-state index in [9.17, 15) is 14.4 Å². The Kier molecular flexibility index (Phi) is 6.08. The molecule has 1 amide bonds. The molecule has 7 heteroatoms. The summed E-state index contributed by atoms with van der Waals surface area (Å²) in [5, 5.41) is 2.74. The van der Waals surface area contributed by atoms with Crippen molar-refractivity contribution in [2.45, 2.75) is 39.6 Å². The third-order valence-electron chi connectivity index (χ3n) is 3.31. The zero-order chi connectivity index (χ0) is 17.5. The molecule has 2 rings (SSSR count). The van der Waals surface area contributed by atoms with Gasteiger partial charge < -0.3 is 10.1 Å². The lowest BCUT2D eigenvalue weighted by molar-refractivity contribution is -0.121. The molecule has 0 radical (unpaired) electrons. The van der Waals surface area contributed by atoms with Gasteiger partial charge in [-0.15, -0.1) is 0 Å². The number of aromatic nitrogens is 2. The van der Waals surface area contributed by atoms with Gasteiger partial charge in [0.15, 0.2) is 0 Å². The number of nitrogens with one attached hydrogen (secondary N) is 2. The predicted molar refractivity (Wildman–Crippen MR) is 89.5 cm³/mol. The first kappa shape index (κ1) is 17.7. The van der Waals surface area contributed by atoms with Crippen LogP contribution in [0.15, 0.2) is 46.1 Å². The maximum Gasteiger partial charge on any atom is 0.328 e. The molecule has 0 bridgehead atoms. The van der Waals surface area contributed by atoms with Gasteiger partial charge in [0.2, 0.25) is 5.91 Å². The molecule has 0 aliphatic carbocycles. The number of carbonyl (C=O) groups is 1. The maximum absolute atomic E-state index is 11.9. The minimum absolute atomic E-state index is 0.143. The molecule has 1 heterocycles. The SMILES string of the molecule is CC(C)OCc1ccc(CNC(=O)Cn2ccc(=O)[nH]c2=O)cc1. The molecule has 1 aromatic heterocycles. The molecule has 0 unspecified atom stereocenters. The van der Waals surface area contributed by atoms with Gasteiger partial charge in [-0.25, -0.2) is 4.79 Å². The molecular formula is C17H21N3O4. The van der Waals surface area contributed by atoms with Gasteiger partial charge in [0.1, 0.15) is 6.54 Å². The fourth-order valence-corrected chi connectivity index (χ4v) is 2.00. The molecule has 1 aromatic carbocycles. The van der Waals surface area contributed by atoms with E-state index in [0.717, 1.165) is 15.7 Å². The molecule has 0 atom stereocenters. The van der Waals surface area contributed by atoms with Crippen molar-refractivity contribution in [3.05, 3.63) is 68.5 Å². The van der Waals surface area contributed by atoms with Crippen LogP contribution >= 0.6 is 0 Å². The number of benzene rings is 1. The molecule has 24 heavy (non-hydrogen) atoms. The van der Waals surface area contributed by atoms with E-state index in [1.54, 1.807) is 0 Å². The number of hydrogen-bond donors (Lipinski definition) is 2. The Labute approximate surface area is 139 Å². The van der Waals surface area contributed by atoms with Gasteiger partial charge in [-0.2, -0.15) is 0 Å². The first-order valence-electron chi connectivity index (χ1n) is 7.70. The lowest BCUT2D eigenvalue weighted by Crippen LogP contribution is -2.35. The van der Waals surface area contributed by atoms with Crippen LogP contribution < -0.4 is 16.6 Å². The largest absolute Gasteiger partial charge is 0.374 e. The van der Waals surface area contributed by atoms with Gasteiger partial charge in [0, 0.05) is 18.8 Å². The smallest absolute Gasteiger partial charge is 0.328 e. The van der Waals surface area contributed by atoms with E-state index in [1.165, 1.54) is 12.3 Å². The fraction of sp³-hybridized carbons (Fsp3) is 0.353. The summed E-state index contributed by atoms with van der Waals surface area (Å²) in [5.74, 6) is -0.309. The summed E-state index contributed by atoms with van der Waals surface area (Å²) < 4.78 is 6.67. The van der Waals surface area contributed by atoms with Gasteiger partial charge in [-0.3, -0.25) is 19.1 Å². The summed E-state index contributed by atoms with van der Waals surface area (Å²) in [6.07, 6.45) is 1.48. The number of aromatic amines is 1. The number of amides is 1. The van der Waals surface area contributed by atoms with Gasteiger partial charge in [0.25, 0.3) is 5.56 Å². The van der Waals surface area contributed by atoms with Crippen LogP contribution in [0.3, 0.4) is 0 Å². The quantitative estimate of drug-likeness (QED) is 0.784. The van der Waals surface area contributed by atoms with E-state index in [0.29, 0.717) is 13.2 Å². The second-order valence-electron chi connectivity index (χ2n) is 5.69. The van der Waals surface area contributed by atoms with Crippen molar-refractivity contribution < 1.29 is 9.53 Å². The Hall–Kier alpha value is -2.67. The highest BCUT2D eigenvalue weighted by molar-refractivity contribution is 5.75. The first-order chi connectivity index (χ1) is 11.4. The average molecular weight is 331 g/mol. The lowest BCUT2D eigenvalue weighted by atomic mass is 10.1. The molecular weight excluding hydrogens is 310 g/mol. The molecule has 128 valence electrons. The normalized spacial score (nSPS) is 10.8. The van der Waals surface area contributed by atoms with Crippen LogP contribution in [0, 0.1) is 0 Å². The topological polar surface area (TPSA) is 93.2 Å². The Morgan fingerprint density at radius 2 is 1.83 bits per heavy atom. The number of rotatable bonds is 7. The molecule has 2 aromatic rings. The van der Waals surface area contributed by atoms with Crippen molar-refractivity contribution in [1.82, 2.24) is 14.9 Å². The van der Waals surface area contributed by atoms with Crippen LogP contribution in [0.5, 0.6) is 0 Å². The highest BCUT2D eigenvalue weighted by Crippen LogP contribution is 2.07. The second kappa shape index (κ2) is 8.26. The highest BCUT2D eigenvalue weighted by Gasteiger charge is 2.05. The van der Waals surface area contributed by atoms with Crippen molar-refractivity contribution in [3.63, 3.8) is 0 Å². The van der Waals surface area contributed by atoms with E-state index in [4.69, 9.17) is 4.74 Å². The van der Waals surface area contributed by atoms with Gasteiger partial charge in [-0.05, 0) is 25.0 Å². The van der Waals surface area contributed by atoms with E-state index in [-0.39, 0.29) is 18.6 Å². The van der Waals surface area contributed by atoms with Gasteiger partial charge >= 0.3 is 5.69 Å². The van der Waals surface area contributed by atoms with Crippen LogP contribution in [0.2, 0.25) is 0 Å². The van der Waals surface area contributed by atoms with Crippen LogP contribution in [0.4, 0.5) is 0 Å². The van der Waals surface area contributed by atoms with E-state index < -0.39 is 11.2 Å². The summed E-state index contributed by atoms with van der Waals surface area (Å²) in [4.78, 5) is 36.5. The summed E-state index contributed by atoms with van der Waals surface area (Å²) in [5.41, 5.74) is 0.925. The number of nitrogens with zero attached hydrogens (tertiary/aromatic N) is 1. The summed E-state index contributed by atoms with van der Waals surface area (Å²) in [6, 6.07) is 8.95. The number of carbonyl (C=O) groups excluding carboxylic acids is 1. The fourth-order valence-electron chi connectivity index (χ4n) is 2.00. The first-order valence-corrected chi connectivity index (χ1v) is 7.70. The van der Waals surface area contributed by atoms with Crippen molar-refractivity contribution >= 4 is 5.91 Å². The summed E-state index contributed by atoms with van der Waals surface area (Å²) >= 11 is 0. The van der Waals surface area contributed by atoms with Crippen LogP contribution in [0.25, 0.3) is 0 Å². The molecule has 0 fully saturated rings. The third kappa shape index (κ3) is 5.51. The monoisotopic (exact) mass is 331 g/mol. The Morgan fingerprint density at radius 3 is 2.46 bits per heavy atom. The van der Waals surface area contributed by atoms with E-state index in [1.807, 2.05) is 38.1 Å². The number of hydrogen-bond acceptors (Lipinski definition) is 4. The molecule has 7 nitrogen and oxygen atoms in total. The van der Waals surface area contributed by atoms with Crippen LogP contribution in [-0.2, 0) is 29.2 Å². The number of ether oxygens (including phenoxy) is 1. The van der Waals surface area contributed by atoms with E-state index >= 15 is 0 Å². The zero-order valence-electron chi connectivity index (χ0n) is 13.7. The van der Waals surface area contributed by atoms with Crippen molar-refractivity contribution in [2.24, 2.45) is 0 Å². The molecule has 0 aliphatic heterocycles. The minimum atomic E-state index is -0.604. The maximum atomic E-state index is 11.9. The molecule has 0 aliphatic rings. The standard InChI is InChI=1S/C17H21N3O4/c1-12(2)24-11-14-5-3-13(4-6-14)9-18-16(22)10-20-8-7-15(21)19-17(20)23/h3-8,12H,9-11H2,1-2H3,(H,18,22)(H,19,21,23). The average Bonchev–Trinajstić information content (AvgIpc) is 2.54. The highest BCUT2D eigenvalue weighted by atomic mass is 16.5. The van der Waals surface area contributed by atoms with Crippen molar-refractivity contribution in [1.29, 1.82) is 0 Å². The van der Waals surface area contributed by atoms with Crippen molar-refractivity contribution in [3.8, 4) is 0 Å². The van der Waals surface area contributed by atoms with Gasteiger partial charge in [0.05, 0.1) is 12.7 Å². The lowest BCUT2D eigenvalue weighted by Gasteiger charge is -2.09. The predicted octanol–water partition coefficient (Wildman–Crippen LogP) is 0.778. The minimum Gasteiger partial charge on any atom is -0.374 e. The number of H-pyrrole nitrogens is 1. The summed E-state index contributed by atoms with van der Waals surface area (Å²) in [7, 11) is 0. The molecule has 2 N–H and O–H groups in total. The Bertz CT molecular complexity index is 790. The molecule has 0 saturated carbocycles. The molecule has 0 spiro atoms. The zero-order valence-corrected chi connectivity index (χ0v) is 13.7. The van der Waals surface area contributed by atoms with Crippen LogP contribution in [0.1, 0.15) is 25.0 Å².